The van der Waals surface area contributed by atoms with Crippen LogP contribution in [0.3, 0.4) is 0 Å². The molecule has 1 saturated heterocycles. The third kappa shape index (κ3) is 2.02. The van der Waals surface area contributed by atoms with E-state index in [0.717, 1.165) is 6.04 Å². The molecule has 0 aliphatic carbocycles. The molecule has 12 heavy (non-hydrogen) atoms. The third-order valence-electron chi connectivity index (χ3n) is 2.96. The van der Waals surface area contributed by atoms with Crippen molar-refractivity contribution in [2.24, 2.45) is 0 Å². The van der Waals surface area contributed by atoms with Crippen molar-refractivity contribution >= 4 is 0 Å². The highest BCUT2D eigenvalue weighted by Crippen LogP contribution is 2.22. The second-order valence-corrected chi connectivity index (χ2v) is 4.12. The van der Waals surface area contributed by atoms with Crippen LogP contribution in [-0.4, -0.2) is 17.5 Å². The SMILES string of the molecule is CC(C)=C(C)N1CCCCC1C. The Morgan fingerprint density at radius 2 is 1.83 bits per heavy atom. The average molecular weight is 167 g/mol. The van der Waals surface area contributed by atoms with E-state index < -0.39 is 0 Å². The van der Waals surface area contributed by atoms with Crippen LogP contribution in [0.5, 0.6) is 0 Å². The lowest BCUT2D eigenvalue weighted by molar-refractivity contribution is 0.207. The van der Waals surface area contributed by atoms with Crippen molar-refractivity contribution in [3.05, 3.63) is 11.3 Å². The molecule has 1 heterocycles. The van der Waals surface area contributed by atoms with E-state index in [1.165, 1.54) is 37.1 Å². The van der Waals surface area contributed by atoms with Gasteiger partial charge in [0.2, 0.25) is 0 Å². The maximum Gasteiger partial charge on any atom is 0.0258 e. The van der Waals surface area contributed by atoms with Crippen LogP contribution in [0.15, 0.2) is 11.3 Å². The number of rotatable bonds is 1. The largest absolute Gasteiger partial charge is 0.372 e. The minimum absolute atomic E-state index is 0.758. The number of nitrogens with zero attached hydrogens (tertiary/aromatic N) is 1. The van der Waals surface area contributed by atoms with E-state index in [1.807, 2.05) is 0 Å². The molecule has 0 spiro atoms. The van der Waals surface area contributed by atoms with Crippen molar-refractivity contribution in [2.75, 3.05) is 6.54 Å². The monoisotopic (exact) mass is 167 g/mol. The van der Waals surface area contributed by atoms with Gasteiger partial charge in [-0.25, -0.2) is 0 Å². The molecular weight excluding hydrogens is 146 g/mol. The van der Waals surface area contributed by atoms with Gasteiger partial charge in [-0.15, -0.1) is 0 Å². The predicted octanol–water partition coefficient (Wildman–Crippen LogP) is 3.17. The lowest BCUT2D eigenvalue weighted by Gasteiger charge is -2.36. The fourth-order valence-electron chi connectivity index (χ4n) is 1.88. The molecule has 70 valence electrons. The minimum Gasteiger partial charge on any atom is -0.372 e. The molecular formula is C11H21N. The minimum atomic E-state index is 0.758. The first-order chi connectivity index (χ1) is 5.63. The molecule has 0 saturated carbocycles. The lowest BCUT2D eigenvalue weighted by Crippen LogP contribution is -2.36. The van der Waals surface area contributed by atoms with Crippen molar-refractivity contribution in [1.82, 2.24) is 4.90 Å². The lowest BCUT2D eigenvalue weighted by atomic mass is 10.0. The zero-order chi connectivity index (χ0) is 9.14. The van der Waals surface area contributed by atoms with Gasteiger partial charge < -0.3 is 4.90 Å². The van der Waals surface area contributed by atoms with Gasteiger partial charge in [0.05, 0.1) is 0 Å². The second-order valence-electron chi connectivity index (χ2n) is 4.12. The second kappa shape index (κ2) is 3.97. The maximum atomic E-state index is 2.55. The Kier molecular flexibility index (Phi) is 3.19. The summed E-state index contributed by atoms with van der Waals surface area (Å²) in [7, 11) is 0. The van der Waals surface area contributed by atoms with Crippen molar-refractivity contribution in [1.29, 1.82) is 0 Å². The zero-order valence-corrected chi connectivity index (χ0v) is 8.85. The van der Waals surface area contributed by atoms with E-state index >= 15 is 0 Å². The van der Waals surface area contributed by atoms with Crippen LogP contribution in [0.25, 0.3) is 0 Å². The number of hydrogen-bond acceptors (Lipinski definition) is 1. The molecule has 1 heteroatoms. The predicted molar refractivity (Wildman–Crippen MR) is 54.1 cm³/mol. The smallest absolute Gasteiger partial charge is 0.0258 e. The Bertz CT molecular complexity index is 177. The highest BCUT2D eigenvalue weighted by atomic mass is 15.2. The van der Waals surface area contributed by atoms with E-state index in [9.17, 15) is 0 Å². The van der Waals surface area contributed by atoms with Gasteiger partial charge in [-0.05, 0) is 47.0 Å². The standard InChI is InChI=1S/C11H21N/c1-9(2)11(4)12-8-6-5-7-10(12)3/h10H,5-8H2,1-4H3. The number of allylic oxidation sites excluding steroid dienone is 2. The van der Waals surface area contributed by atoms with Crippen LogP contribution in [0.1, 0.15) is 47.0 Å². The first kappa shape index (κ1) is 9.63. The maximum absolute atomic E-state index is 2.55. The van der Waals surface area contributed by atoms with Crippen molar-refractivity contribution in [3.8, 4) is 0 Å². The summed E-state index contributed by atoms with van der Waals surface area (Å²) in [5.74, 6) is 0. The molecule has 0 radical (unpaired) electrons. The Morgan fingerprint density at radius 3 is 2.33 bits per heavy atom. The molecule has 0 aromatic rings. The highest BCUT2D eigenvalue weighted by molar-refractivity contribution is 5.07. The van der Waals surface area contributed by atoms with Gasteiger partial charge in [0, 0.05) is 18.3 Å². The molecule has 0 aromatic carbocycles. The van der Waals surface area contributed by atoms with Gasteiger partial charge in [0.25, 0.3) is 0 Å². The quantitative estimate of drug-likeness (QED) is 0.580. The van der Waals surface area contributed by atoms with Crippen LogP contribution in [0, 0.1) is 0 Å². The molecule has 1 aliphatic rings. The zero-order valence-electron chi connectivity index (χ0n) is 8.85. The summed E-state index contributed by atoms with van der Waals surface area (Å²) < 4.78 is 0. The summed E-state index contributed by atoms with van der Waals surface area (Å²) in [6.07, 6.45) is 4.15. The van der Waals surface area contributed by atoms with E-state index in [-0.39, 0.29) is 0 Å². The number of hydrogen-bond donors (Lipinski definition) is 0. The third-order valence-corrected chi connectivity index (χ3v) is 2.96. The van der Waals surface area contributed by atoms with E-state index in [1.54, 1.807) is 0 Å². The van der Waals surface area contributed by atoms with Crippen LogP contribution >= 0.6 is 0 Å². The molecule has 1 unspecified atom stereocenters. The van der Waals surface area contributed by atoms with Gasteiger partial charge in [-0.1, -0.05) is 5.57 Å². The number of piperidine rings is 1. The van der Waals surface area contributed by atoms with Crippen molar-refractivity contribution < 1.29 is 0 Å². The van der Waals surface area contributed by atoms with Crippen LogP contribution < -0.4 is 0 Å². The Hall–Kier alpha value is -0.460. The topological polar surface area (TPSA) is 3.24 Å². The highest BCUT2D eigenvalue weighted by Gasteiger charge is 2.18. The Labute approximate surface area is 76.5 Å². The van der Waals surface area contributed by atoms with Crippen LogP contribution in [0.4, 0.5) is 0 Å². The number of likely N-dealkylation sites (tertiary alicyclic amines) is 1. The summed E-state index contributed by atoms with van der Waals surface area (Å²) in [5.41, 5.74) is 2.95. The molecule has 1 nitrogen and oxygen atoms in total. The van der Waals surface area contributed by atoms with Gasteiger partial charge in [-0.3, -0.25) is 0 Å². The summed E-state index contributed by atoms with van der Waals surface area (Å²) in [5, 5.41) is 0. The summed E-state index contributed by atoms with van der Waals surface area (Å²) in [6.45, 7) is 10.3. The molecule has 0 aromatic heterocycles. The van der Waals surface area contributed by atoms with Gasteiger partial charge in [0.15, 0.2) is 0 Å². The Morgan fingerprint density at radius 1 is 1.17 bits per heavy atom. The van der Waals surface area contributed by atoms with E-state index in [4.69, 9.17) is 0 Å². The molecule has 1 aliphatic heterocycles. The first-order valence-corrected chi connectivity index (χ1v) is 5.03. The summed E-state index contributed by atoms with van der Waals surface area (Å²) in [6, 6.07) is 0.758. The van der Waals surface area contributed by atoms with Crippen LogP contribution in [0.2, 0.25) is 0 Å². The van der Waals surface area contributed by atoms with Gasteiger partial charge in [-0.2, -0.15) is 0 Å². The summed E-state index contributed by atoms with van der Waals surface area (Å²) >= 11 is 0. The average Bonchev–Trinajstić information content (AvgIpc) is 2.04. The van der Waals surface area contributed by atoms with Gasteiger partial charge in [0.1, 0.15) is 0 Å². The molecule has 1 atom stereocenters. The molecule has 1 fully saturated rings. The molecule has 0 N–H and O–H groups in total. The molecule has 0 bridgehead atoms. The van der Waals surface area contributed by atoms with Crippen molar-refractivity contribution in [3.63, 3.8) is 0 Å². The van der Waals surface area contributed by atoms with E-state index in [0.29, 0.717) is 0 Å². The first-order valence-electron chi connectivity index (χ1n) is 5.03. The Balaban J connectivity index is 2.66. The summed E-state index contributed by atoms with van der Waals surface area (Å²) in [4.78, 5) is 2.55. The fraction of sp³-hybridized carbons (Fsp3) is 0.818. The van der Waals surface area contributed by atoms with Crippen molar-refractivity contribution in [2.45, 2.75) is 53.0 Å². The molecule has 0 amide bonds. The van der Waals surface area contributed by atoms with Gasteiger partial charge >= 0.3 is 0 Å². The fourth-order valence-corrected chi connectivity index (χ4v) is 1.88. The van der Waals surface area contributed by atoms with E-state index in [2.05, 4.69) is 32.6 Å². The molecule has 1 rings (SSSR count). The van der Waals surface area contributed by atoms with Crippen LogP contribution in [-0.2, 0) is 0 Å². The normalized spacial score (nSPS) is 24.0.